The highest BCUT2D eigenvalue weighted by Gasteiger charge is 2.21. The number of methoxy groups -OCH3 is 1. The number of benzene rings is 1. The smallest absolute Gasteiger partial charge is 0.345 e. The lowest BCUT2D eigenvalue weighted by Crippen LogP contribution is -2.18. The van der Waals surface area contributed by atoms with Gasteiger partial charge in [-0.3, -0.25) is 0 Å². The highest BCUT2D eigenvalue weighted by Crippen LogP contribution is 2.25. The number of carbonyl (C=O) groups is 2. The van der Waals surface area contributed by atoms with Crippen molar-refractivity contribution in [2.45, 2.75) is 13.8 Å². The second-order valence-corrected chi connectivity index (χ2v) is 4.93. The molecule has 0 aliphatic rings. The molecule has 6 heteroatoms. The van der Waals surface area contributed by atoms with Crippen LogP contribution in [-0.4, -0.2) is 32.3 Å². The largest absolute Gasteiger partial charge is 0.497 e. The lowest BCUT2D eigenvalue weighted by molar-refractivity contribution is -0.146. The third-order valence-electron chi connectivity index (χ3n) is 3.28. The van der Waals surface area contributed by atoms with Gasteiger partial charge in [0.2, 0.25) is 0 Å². The maximum atomic E-state index is 12.0. The monoisotopic (exact) mass is 344 g/mol. The Morgan fingerprint density at radius 1 is 0.960 bits per heavy atom. The Balaban J connectivity index is 2.28. The van der Waals surface area contributed by atoms with Crippen molar-refractivity contribution in [1.29, 1.82) is 0 Å². The Morgan fingerprint density at radius 3 is 2.08 bits per heavy atom. The zero-order valence-electron chi connectivity index (χ0n) is 14.4. The average molecular weight is 344 g/mol. The summed E-state index contributed by atoms with van der Waals surface area (Å²) in [6.07, 6.45) is 1.32. The number of furan rings is 1. The molecule has 132 valence electrons. The predicted octanol–water partition coefficient (Wildman–Crippen LogP) is 3.46. The van der Waals surface area contributed by atoms with Crippen molar-refractivity contribution >= 4 is 18.0 Å². The van der Waals surface area contributed by atoms with E-state index in [1.807, 2.05) is 24.3 Å². The minimum atomic E-state index is -0.747. The van der Waals surface area contributed by atoms with Crippen molar-refractivity contribution in [2.75, 3.05) is 20.3 Å². The van der Waals surface area contributed by atoms with Gasteiger partial charge in [0.1, 0.15) is 22.8 Å². The first kappa shape index (κ1) is 18.3. The predicted molar refractivity (Wildman–Crippen MR) is 91.9 cm³/mol. The number of hydrogen-bond acceptors (Lipinski definition) is 6. The number of hydrogen-bond donors (Lipinski definition) is 0. The molecule has 1 aromatic carbocycles. The van der Waals surface area contributed by atoms with Crippen LogP contribution in [-0.2, 0) is 19.1 Å². The van der Waals surface area contributed by atoms with Crippen LogP contribution >= 0.6 is 0 Å². The van der Waals surface area contributed by atoms with Crippen LogP contribution in [0.3, 0.4) is 0 Å². The van der Waals surface area contributed by atoms with E-state index in [2.05, 4.69) is 0 Å². The Labute approximate surface area is 146 Å². The van der Waals surface area contributed by atoms with E-state index in [0.29, 0.717) is 11.5 Å². The Hall–Kier alpha value is -3.02. The Bertz CT molecular complexity index is 734. The molecule has 0 atom stereocenters. The Kier molecular flexibility index (Phi) is 6.39. The maximum Gasteiger partial charge on any atom is 0.345 e. The van der Waals surface area contributed by atoms with Crippen LogP contribution in [0, 0.1) is 0 Å². The summed E-state index contributed by atoms with van der Waals surface area (Å²) in [5.41, 5.74) is 0.633. The van der Waals surface area contributed by atoms with E-state index < -0.39 is 11.9 Å². The molecule has 2 rings (SSSR count). The molecule has 0 bridgehead atoms. The van der Waals surface area contributed by atoms with Crippen molar-refractivity contribution in [3.8, 4) is 17.1 Å². The van der Waals surface area contributed by atoms with Gasteiger partial charge >= 0.3 is 11.9 Å². The Morgan fingerprint density at radius 2 is 1.56 bits per heavy atom. The van der Waals surface area contributed by atoms with E-state index >= 15 is 0 Å². The van der Waals surface area contributed by atoms with Gasteiger partial charge in [0.25, 0.3) is 0 Å². The molecule has 25 heavy (non-hydrogen) atoms. The summed E-state index contributed by atoms with van der Waals surface area (Å²) in [6.45, 7) is 3.64. The average Bonchev–Trinajstić information content (AvgIpc) is 3.08. The van der Waals surface area contributed by atoms with E-state index in [-0.39, 0.29) is 18.8 Å². The molecule has 0 radical (unpaired) electrons. The fourth-order valence-electron chi connectivity index (χ4n) is 2.10. The van der Waals surface area contributed by atoms with E-state index in [1.54, 1.807) is 33.1 Å². The summed E-state index contributed by atoms with van der Waals surface area (Å²) in [5.74, 6) is 0.192. The minimum Gasteiger partial charge on any atom is -0.497 e. The van der Waals surface area contributed by atoms with Crippen LogP contribution in [0.15, 0.2) is 46.4 Å². The van der Waals surface area contributed by atoms with Crippen molar-refractivity contribution in [1.82, 2.24) is 0 Å². The molecule has 1 heterocycles. The number of ether oxygens (including phenoxy) is 3. The van der Waals surface area contributed by atoms with Crippen LogP contribution in [0.2, 0.25) is 0 Å². The number of rotatable bonds is 7. The van der Waals surface area contributed by atoms with Crippen molar-refractivity contribution in [3.63, 3.8) is 0 Å². The topological polar surface area (TPSA) is 75.0 Å². The molecule has 0 amide bonds. The van der Waals surface area contributed by atoms with Gasteiger partial charge < -0.3 is 18.6 Å². The van der Waals surface area contributed by atoms with Crippen molar-refractivity contribution < 1.29 is 28.2 Å². The normalized spacial score (nSPS) is 10.0. The number of esters is 2. The van der Waals surface area contributed by atoms with Gasteiger partial charge in [-0.25, -0.2) is 9.59 Å². The first-order chi connectivity index (χ1) is 12.1. The summed E-state index contributed by atoms with van der Waals surface area (Å²) in [4.78, 5) is 23.9. The summed E-state index contributed by atoms with van der Waals surface area (Å²) in [6, 6.07) is 10.7. The van der Waals surface area contributed by atoms with Gasteiger partial charge in [0.15, 0.2) is 0 Å². The summed E-state index contributed by atoms with van der Waals surface area (Å²) in [7, 11) is 1.59. The lowest BCUT2D eigenvalue weighted by atomic mass is 10.2. The lowest BCUT2D eigenvalue weighted by Gasteiger charge is -2.05. The zero-order chi connectivity index (χ0) is 18.2. The highest BCUT2D eigenvalue weighted by molar-refractivity contribution is 6.17. The molecule has 0 fully saturated rings. The summed E-state index contributed by atoms with van der Waals surface area (Å²) in [5, 5.41) is 0. The molecular weight excluding hydrogens is 324 g/mol. The van der Waals surface area contributed by atoms with Crippen LogP contribution in [0.1, 0.15) is 19.6 Å². The fraction of sp³-hybridized carbons (Fsp3) is 0.263. The molecule has 0 spiro atoms. The van der Waals surface area contributed by atoms with E-state index in [9.17, 15) is 9.59 Å². The molecule has 6 nitrogen and oxygen atoms in total. The third-order valence-corrected chi connectivity index (χ3v) is 3.28. The standard InChI is InChI=1S/C19H20O6/c1-4-23-18(20)16(19(21)24-5-2)12-15-10-11-17(25-15)13-6-8-14(22-3)9-7-13/h6-12H,4-5H2,1-3H3. The molecule has 0 saturated carbocycles. The molecule has 1 aromatic heterocycles. The third kappa shape index (κ3) is 4.73. The van der Waals surface area contributed by atoms with Crippen LogP contribution < -0.4 is 4.74 Å². The van der Waals surface area contributed by atoms with Crippen molar-refractivity contribution in [3.05, 3.63) is 47.7 Å². The van der Waals surface area contributed by atoms with Gasteiger partial charge in [0.05, 0.1) is 20.3 Å². The molecule has 0 saturated heterocycles. The number of carbonyl (C=O) groups excluding carboxylic acids is 2. The van der Waals surface area contributed by atoms with Gasteiger partial charge in [-0.15, -0.1) is 0 Å². The molecular formula is C19H20O6. The molecule has 2 aromatic rings. The molecule has 0 unspecified atom stereocenters. The van der Waals surface area contributed by atoms with Crippen molar-refractivity contribution in [2.24, 2.45) is 0 Å². The fourth-order valence-corrected chi connectivity index (χ4v) is 2.10. The second-order valence-electron chi connectivity index (χ2n) is 4.93. The second kappa shape index (κ2) is 8.73. The quantitative estimate of drug-likeness (QED) is 0.331. The van der Waals surface area contributed by atoms with E-state index in [4.69, 9.17) is 18.6 Å². The van der Waals surface area contributed by atoms with Crippen LogP contribution in [0.25, 0.3) is 17.4 Å². The van der Waals surface area contributed by atoms with Crippen LogP contribution in [0.5, 0.6) is 5.75 Å². The first-order valence-corrected chi connectivity index (χ1v) is 7.89. The van der Waals surface area contributed by atoms with Gasteiger partial charge in [-0.1, -0.05) is 0 Å². The first-order valence-electron chi connectivity index (χ1n) is 7.89. The summed E-state index contributed by atoms with van der Waals surface area (Å²) < 4.78 is 20.6. The molecule has 0 aliphatic carbocycles. The van der Waals surface area contributed by atoms with E-state index in [1.165, 1.54) is 6.08 Å². The maximum absolute atomic E-state index is 12.0. The van der Waals surface area contributed by atoms with E-state index in [0.717, 1.165) is 11.3 Å². The van der Waals surface area contributed by atoms with Gasteiger partial charge in [-0.05, 0) is 50.2 Å². The van der Waals surface area contributed by atoms with Crippen LogP contribution in [0.4, 0.5) is 0 Å². The minimum absolute atomic E-state index is 0.158. The zero-order valence-corrected chi connectivity index (χ0v) is 14.4. The highest BCUT2D eigenvalue weighted by atomic mass is 16.6. The SMILES string of the molecule is CCOC(=O)C(=Cc1ccc(-c2ccc(OC)cc2)o1)C(=O)OCC. The molecule has 0 aliphatic heterocycles. The molecule has 0 N–H and O–H groups in total. The van der Waals surface area contributed by atoms with Gasteiger partial charge in [-0.2, -0.15) is 0 Å². The van der Waals surface area contributed by atoms with Gasteiger partial charge in [0, 0.05) is 11.6 Å². The summed E-state index contributed by atoms with van der Waals surface area (Å²) >= 11 is 0.